The van der Waals surface area contributed by atoms with E-state index >= 15 is 0 Å². The van der Waals surface area contributed by atoms with Crippen LogP contribution in [0.5, 0.6) is 0 Å². The van der Waals surface area contributed by atoms with Crippen molar-refractivity contribution in [2.75, 3.05) is 4.90 Å². The first kappa shape index (κ1) is 22.0. The molecule has 33 heavy (non-hydrogen) atoms. The first-order chi connectivity index (χ1) is 15.6. The number of carbonyl (C=O) groups is 2. The SMILES string of the molecule is CC(C)(C)c1ccc(N2C(=O)C(=O)/C(=C(\O)c3cccc([N+](=O)[O-])c3)C2c2ccco2)cc1. The second kappa shape index (κ2) is 8.05. The van der Waals surface area contributed by atoms with Crippen LogP contribution >= 0.6 is 0 Å². The van der Waals surface area contributed by atoms with Crippen molar-refractivity contribution < 1.29 is 24.0 Å². The average molecular weight is 446 g/mol. The third-order valence-corrected chi connectivity index (χ3v) is 5.60. The summed E-state index contributed by atoms with van der Waals surface area (Å²) in [5.41, 5.74) is 1.02. The van der Waals surface area contributed by atoms with Gasteiger partial charge in [-0.05, 0) is 35.2 Å². The van der Waals surface area contributed by atoms with E-state index in [2.05, 4.69) is 20.8 Å². The second-order valence-corrected chi connectivity index (χ2v) is 8.79. The number of amides is 1. The van der Waals surface area contributed by atoms with Gasteiger partial charge >= 0.3 is 0 Å². The number of aliphatic hydroxyl groups is 1. The number of aliphatic hydroxyl groups excluding tert-OH is 1. The Kier molecular flexibility index (Phi) is 5.37. The van der Waals surface area contributed by atoms with Crippen molar-refractivity contribution in [1.82, 2.24) is 0 Å². The number of benzene rings is 2. The van der Waals surface area contributed by atoms with Crippen molar-refractivity contribution in [2.45, 2.75) is 32.2 Å². The van der Waals surface area contributed by atoms with Crippen LogP contribution in [0.1, 0.15) is 43.7 Å². The summed E-state index contributed by atoms with van der Waals surface area (Å²) < 4.78 is 5.52. The minimum absolute atomic E-state index is 0.0573. The zero-order valence-corrected chi connectivity index (χ0v) is 18.3. The van der Waals surface area contributed by atoms with Crippen molar-refractivity contribution in [3.05, 3.63) is 99.5 Å². The molecule has 1 atom stereocenters. The Bertz CT molecular complexity index is 1270. The Morgan fingerprint density at radius 3 is 2.33 bits per heavy atom. The number of furan rings is 1. The van der Waals surface area contributed by atoms with Gasteiger partial charge in [0.05, 0.1) is 16.8 Å². The summed E-state index contributed by atoms with van der Waals surface area (Å²) in [5, 5.41) is 22.2. The number of ketones is 1. The zero-order chi connectivity index (χ0) is 23.9. The molecule has 1 aliphatic heterocycles. The monoisotopic (exact) mass is 446 g/mol. The molecule has 8 heteroatoms. The summed E-state index contributed by atoms with van der Waals surface area (Å²) in [7, 11) is 0. The maximum atomic E-state index is 13.1. The highest BCUT2D eigenvalue weighted by molar-refractivity contribution is 6.51. The first-order valence-electron chi connectivity index (χ1n) is 10.3. The lowest BCUT2D eigenvalue weighted by atomic mass is 9.87. The van der Waals surface area contributed by atoms with E-state index < -0.39 is 28.4 Å². The van der Waals surface area contributed by atoms with Gasteiger partial charge in [0.2, 0.25) is 0 Å². The standard InChI is InChI=1S/C25H22N2O6/c1-25(2,3)16-9-11-17(12-10-16)26-21(19-8-5-13-33-19)20(23(29)24(26)30)22(28)15-6-4-7-18(14-15)27(31)32/h4-14,21,28H,1-3H3/b22-20-. The van der Waals surface area contributed by atoms with Crippen LogP contribution in [0, 0.1) is 10.1 Å². The molecule has 0 saturated carbocycles. The Labute approximate surface area is 189 Å². The van der Waals surface area contributed by atoms with Gasteiger partial charge in [-0.2, -0.15) is 0 Å². The van der Waals surface area contributed by atoms with Gasteiger partial charge in [-0.15, -0.1) is 0 Å². The van der Waals surface area contributed by atoms with Crippen LogP contribution in [0.25, 0.3) is 5.76 Å². The van der Waals surface area contributed by atoms with Gasteiger partial charge in [0, 0.05) is 23.4 Å². The fourth-order valence-electron chi connectivity index (χ4n) is 3.86. The third-order valence-electron chi connectivity index (χ3n) is 5.60. The Hall–Kier alpha value is -4.20. The summed E-state index contributed by atoms with van der Waals surface area (Å²) in [6.07, 6.45) is 1.41. The molecule has 1 fully saturated rings. The number of nitro groups is 1. The number of nitro benzene ring substituents is 1. The summed E-state index contributed by atoms with van der Waals surface area (Å²) in [5.74, 6) is -1.96. The van der Waals surface area contributed by atoms with Gasteiger partial charge in [0.25, 0.3) is 17.4 Å². The second-order valence-electron chi connectivity index (χ2n) is 8.79. The molecule has 1 saturated heterocycles. The van der Waals surface area contributed by atoms with Crippen molar-refractivity contribution in [2.24, 2.45) is 0 Å². The molecule has 1 aromatic heterocycles. The normalized spacial score (nSPS) is 18.0. The summed E-state index contributed by atoms with van der Waals surface area (Å²) >= 11 is 0. The van der Waals surface area contributed by atoms with E-state index in [1.165, 1.54) is 29.4 Å². The zero-order valence-electron chi connectivity index (χ0n) is 18.3. The molecule has 0 bridgehead atoms. The number of Topliss-reactive ketones (excluding diaryl/α,β-unsaturated/α-hetero) is 1. The summed E-state index contributed by atoms with van der Waals surface area (Å²) in [4.78, 5) is 38.0. The van der Waals surface area contributed by atoms with Crippen LogP contribution in [-0.2, 0) is 15.0 Å². The number of anilines is 1. The minimum atomic E-state index is -1.03. The topological polar surface area (TPSA) is 114 Å². The van der Waals surface area contributed by atoms with E-state index in [1.54, 1.807) is 24.3 Å². The van der Waals surface area contributed by atoms with Crippen LogP contribution in [0.15, 0.2) is 76.9 Å². The highest BCUT2D eigenvalue weighted by atomic mass is 16.6. The lowest BCUT2D eigenvalue weighted by Crippen LogP contribution is -2.29. The number of hydrogen-bond donors (Lipinski definition) is 1. The molecule has 1 unspecified atom stereocenters. The molecule has 1 N–H and O–H groups in total. The van der Waals surface area contributed by atoms with Crippen LogP contribution in [-0.4, -0.2) is 21.7 Å². The molecule has 0 radical (unpaired) electrons. The Morgan fingerprint density at radius 2 is 1.76 bits per heavy atom. The number of non-ortho nitro benzene ring substituents is 1. The van der Waals surface area contributed by atoms with Gasteiger partial charge < -0.3 is 9.52 Å². The van der Waals surface area contributed by atoms with Crippen molar-refractivity contribution in [3.63, 3.8) is 0 Å². The van der Waals surface area contributed by atoms with E-state index in [4.69, 9.17) is 4.42 Å². The number of rotatable bonds is 4. The maximum absolute atomic E-state index is 13.1. The molecule has 8 nitrogen and oxygen atoms in total. The molecule has 168 valence electrons. The molecule has 1 aliphatic rings. The molecular formula is C25H22N2O6. The predicted octanol–water partition coefficient (Wildman–Crippen LogP) is 5.11. The fourth-order valence-corrected chi connectivity index (χ4v) is 3.86. The molecule has 2 heterocycles. The fraction of sp³-hybridized carbons (Fsp3) is 0.200. The summed E-state index contributed by atoms with van der Waals surface area (Å²) in [6, 6.07) is 14.7. The lowest BCUT2D eigenvalue weighted by Gasteiger charge is -2.25. The van der Waals surface area contributed by atoms with Gasteiger partial charge in [-0.3, -0.25) is 24.6 Å². The van der Waals surface area contributed by atoms with Gasteiger partial charge in [-0.25, -0.2) is 0 Å². The minimum Gasteiger partial charge on any atom is -0.507 e. The Morgan fingerprint density at radius 1 is 1.06 bits per heavy atom. The van der Waals surface area contributed by atoms with E-state index in [1.807, 2.05) is 12.1 Å². The van der Waals surface area contributed by atoms with Crippen molar-refractivity contribution in [1.29, 1.82) is 0 Å². The van der Waals surface area contributed by atoms with Crippen LogP contribution in [0.2, 0.25) is 0 Å². The van der Waals surface area contributed by atoms with Crippen LogP contribution < -0.4 is 4.90 Å². The van der Waals surface area contributed by atoms with Crippen LogP contribution in [0.4, 0.5) is 11.4 Å². The highest BCUT2D eigenvalue weighted by Crippen LogP contribution is 2.42. The molecule has 0 spiro atoms. The first-order valence-corrected chi connectivity index (χ1v) is 10.3. The number of hydrogen-bond acceptors (Lipinski definition) is 6. The Balaban J connectivity index is 1.88. The largest absolute Gasteiger partial charge is 0.507 e. The average Bonchev–Trinajstić information content (AvgIpc) is 3.40. The molecule has 4 rings (SSSR count). The molecule has 2 aromatic carbocycles. The van der Waals surface area contributed by atoms with Gasteiger partial charge in [0.1, 0.15) is 17.6 Å². The molecule has 3 aromatic rings. The van der Waals surface area contributed by atoms with Gasteiger partial charge in [-0.1, -0.05) is 45.0 Å². The summed E-state index contributed by atoms with van der Waals surface area (Å²) in [6.45, 7) is 6.20. The molecule has 1 amide bonds. The van der Waals surface area contributed by atoms with E-state index in [0.717, 1.165) is 11.6 Å². The van der Waals surface area contributed by atoms with E-state index in [-0.39, 0.29) is 28.0 Å². The predicted molar refractivity (Wildman–Crippen MR) is 122 cm³/mol. The lowest BCUT2D eigenvalue weighted by molar-refractivity contribution is -0.384. The quantitative estimate of drug-likeness (QED) is 0.196. The maximum Gasteiger partial charge on any atom is 0.300 e. The smallest absolute Gasteiger partial charge is 0.300 e. The van der Waals surface area contributed by atoms with Crippen LogP contribution in [0.3, 0.4) is 0 Å². The number of nitrogens with zero attached hydrogens (tertiary/aromatic N) is 2. The van der Waals surface area contributed by atoms with Gasteiger partial charge in [0.15, 0.2) is 0 Å². The van der Waals surface area contributed by atoms with E-state index in [9.17, 15) is 24.8 Å². The molecular weight excluding hydrogens is 424 g/mol. The third kappa shape index (κ3) is 3.91. The highest BCUT2D eigenvalue weighted by Gasteiger charge is 2.48. The number of carbonyl (C=O) groups excluding carboxylic acids is 2. The van der Waals surface area contributed by atoms with Crippen molar-refractivity contribution >= 4 is 28.8 Å². The molecule has 0 aliphatic carbocycles. The van der Waals surface area contributed by atoms with E-state index in [0.29, 0.717) is 5.69 Å². The van der Waals surface area contributed by atoms with Crippen molar-refractivity contribution in [3.8, 4) is 0 Å².